The molecule has 1 heterocycles. The molecule has 0 saturated carbocycles. The number of rotatable bonds is 5. The number of ketones is 1. The maximum Gasteiger partial charge on any atom is 0.294 e. The molecule has 146 valence electrons. The van der Waals surface area contributed by atoms with Crippen LogP contribution in [0.4, 0.5) is 5.69 Å². The van der Waals surface area contributed by atoms with Gasteiger partial charge in [0.15, 0.2) is 11.5 Å². The molecule has 3 rings (SSSR count). The van der Waals surface area contributed by atoms with Crippen molar-refractivity contribution in [2.75, 3.05) is 11.5 Å². The van der Waals surface area contributed by atoms with Gasteiger partial charge in [0.1, 0.15) is 5.75 Å². The maximum absolute atomic E-state index is 13.1. The highest BCUT2D eigenvalue weighted by molar-refractivity contribution is 6.17. The van der Waals surface area contributed by atoms with E-state index in [4.69, 9.17) is 4.74 Å². The number of aliphatic hydroxyl groups excluding tert-OH is 1. The van der Waals surface area contributed by atoms with E-state index >= 15 is 0 Å². The topological polar surface area (TPSA) is 66.8 Å². The van der Waals surface area contributed by atoms with Crippen LogP contribution in [0.1, 0.15) is 39.3 Å². The Labute approximate surface area is 165 Å². The van der Waals surface area contributed by atoms with Gasteiger partial charge in [-0.05, 0) is 36.8 Å². The molecule has 5 nitrogen and oxygen atoms in total. The van der Waals surface area contributed by atoms with E-state index in [1.165, 1.54) is 4.90 Å². The Balaban J connectivity index is 2.14. The second-order valence-electron chi connectivity index (χ2n) is 7.76. The number of nitrogens with zero attached hydrogens (tertiary/aromatic N) is 1. The van der Waals surface area contributed by atoms with Crippen LogP contribution in [0, 0.1) is 5.41 Å². The molecule has 1 unspecified atom stereocenters. The fraction of sp³-hybridized carbons (Fsp3) is 0.304. The van der Waals surface area contributed by atoms with Gasteiger partial charge < -0.3 is 9.84 Å². The van der Waals surface area contributed by atoms with Crippen molar-refractivity contribution in [2.45, 2.75) is 33.7 Å². The fourth-order valence-corrected chi connectivity index (χ4v) is 3.32. The molecule has 1 atom stereocenters. The van der Waals surface area contributed by atoms with Crippen LogP contribution >= 0.6 is 0 Å². The van der Waals surface area contributed by atoms with Gasteiger partial charge in [0.2, 0.25) is 0 Å². The van der Waals surface area contributed by atoms with Crippen LogP contribution in [0.15, 0.2) is 65.9 Å². The molecule has 5 heteroatoms. The number of amides is 1. The molecule has 1 N–H and O–H groups in total. The molecule has 1 amide bonds. The molecule has 0 aliphatic carbocycles. The quantitative estimate of drug-likeness (QED) is 0.824. The first-order valence-electron chi connectivity index (χ1n) is 9.35. The summed E-state index contributed by atoms with van der Waals surface area (Å²) in [5, 5.41) is 10.6. The van der Waals surface area contributed by atoms with Crippen molar-refractivity contribution in [3.8, 4) is 5.75 Å². The first-order valence-corrected chi connectivity index (χ1v) is 9.35. The first-order chi connectivity index (χ1) is 13.3. The third-order valence-corrected chi connectivity index (χ3v) is 4.68. The highest BCUT2D eigenvalue weighted by atomic mass is 16.5. The van der Waals surface area contributed by atoms with Crippen LogP contribution in [0.2, 0.25) is 0 Å². The monoisotopic (exact) mass is 379 g/mol. The lowest BCUT2D eigenvalue weighted by Crippen LogP contribution is -2.32. The maximum atomic E-state index is 13.1. The predicted molar refractivity (Wildman–Crippen MR) is 108 cm³/mol. The SMILES string of the molecule is CCOc1ccc(C2C(C(=O)C(C)(C)C)=C(O)C(=O)N2c2ccccc2)cc1. The number of aliphatic hydroxyl groups is 1. The third kappa shape index (κ3) is 3.52. The number of hydrogen-bond acceptors (Lipinski definition) is 4. The molecule has 2 aromatic rings. The lowest BCUT2D eigenvalue weighted by atomic mass is 9.82. The molecule has 1 aliphatic rings. The number of carbonyl (C=O) groups excluding carboxylic acids is 2. The summed E-state index contributed by atoms with van der Waals surface area (Å²) < 4.78 is 5.50. The van der Waals surface area contributed by atoms with Gasteiger partial charge in [-0.25, -0.2) is 0 Å². The minimum atomic E-state index is -0.736. The van der Waals surface area contributed by atoms with Gasteiger partial charge in [0.05, 0.1) is 18.2 Å². The first kappa shape index (κ1) is 19.7. The van der Waals surface area contributed by atoms with Gasteiger partial charge in [-0.1, -0.05) is 51.1 Å². The van der Waals surface area contributed by atoms with Crippen LogP contribution in [-0.2, 0) is 9.59 Å². The van der Waals surface area contributed by atoms with Crippen molar-refractivity contribution < 1.29 is 19.4 Å². The minimum Gasteiger partial charge on any atom is -0.503 e. The smallest absolute Gasteiger partial charge is 0.294 e. The molecule has 0 saturated heterocycles. The van der Waals surface area contributed by atoms with Crippen molar-refractivity contribution in [2.24, 2.45) is 5.41 Å². The van der Waals surface area contributed by atoms with Crippen molar-refractivity contribution in [1.82, 2.24) is 0 Å². The third-order valence-electron chi connectivity index (χ3n) is 4.68. The Morgan fingerprint density at radius 2 is 1.68 bits per heavy atom. The number of hydrogen-bond donors (Lipinski definition) is 1. The molecule has 0 fully saturated rings. The Hall–Kier alpha value is -3.08. The summed E-state index contributed by atoms with van der Waals surface area (Å²) in [6.07, 6.45) is 0. The van der Waals surface area contributed by atoms with Gasteiger partial charge in [-0.2, -0.15) is 0 Å². The lowest BCUT2D eigenvalue weighted by molar-refractivity contribution is -0.123. The minimum absolute atomic E-state index is 0.130. The molecule has 1 aliphatic heterocycles. The summed E-state index contributed by atoms with van der Waals surface area (Å²) in [6, 6.07) is 15.6. The van der Waals surface area contributed by atoms with Crippen LogP contribution in [-0.4, -0.2) is 23.4 Å². The lowest BCUT2D eigenvalue weighted by Gasteiger charge is -2.29. The second kappa shape index (κ2) is 7.50. The number of carbonyl (C=O) groups is 2. The molecule has 2 aromatic carbocycles. The van der Waals surface area contributed by atoms with E-state index in [2.05, 4.69) is 0 Å². The molecule has 28 heavy (non-hydrogen) atoms. The standard InChI is InChI=1S/C23H25NO4/c1-5-28-17-13-11-15(12-14-17)19-18(21(26)23(2,3)4)20(25)22(27)24(19)16-9-7-6-8-10-16/h6-14,19,25H,5H2,1-4H3. The van der Waals surface area contributed by atoms with E-state index in [0.29, 0.717) is 18.0 Å². The summed E-state index contributed by atoms with van der Waals surface area (Å²) >= 11 is 0. The van der Waals surface area contributed by atoms with Crippen LogP contribution in [0.3, 0.4) is 0 Å². The highest BCUT2D eigenvalue weighted by Crippen LogP contribution is 2.43. The number of para-hydroxylation sites is 1. The summed E-state index contributed by atoms with van der Waals surface area (Å²) in [5.41, 5.74) is 0.747. The van der Waals surface area contributed by atoms with Crippen molar-refractivity contribution in [3.63, 3.8) is 0 Å². The number of ether oxygens (including phenoxy) is 1. The zero-order valence-corrected chi connectivity index (χ0v) is 16.6. The van der Waals surface area contributed by atoms with Crippen LogP contribution < -0.4 is 9.64 Å². The van der Waals surface area contributed by atoms with Crippen molar-refractivity contribution in [3.05, 3.63) is 71.5 Å². The number of anilines is 1. The second-order valence-corrected chi connectivity index (χ2v) is 7.76. The van der Waals surface area contributed by atoms with E-state index in [-0.39, 0.29) is 11.4 Å². The van der Waals surface area contributed by atoms with E-state index in [9.17, 15) is 14.7 Å². The van der Waals surface area contributed by atoms with Gasteiger partial charge in [-0.3, -0.25) is 14.5 Å². The summed E-state index contributed by atoms with van der Waals surface area (Å²) in [4.78, 5) is 27.5. The number of Topliss-reactive ketones (excluding diaryl/α,β-unsaturated/α-hetero) is 1. The number of benzene rings is 2. The molecule has 0 radical (unpaired) electrons. The summed E-state index contributed by atoms with van der Waals surface area (Å²) in [5.74, 6) is -0.602. The molecule has 0 bridgehead atoms. The van der Waals surface area contributed by atoms with Crippen LogP contribution in [0.5, 0.6) is 5.75 Å². The van der Waals surface area contributed by atoms with E-state index in [0.717, 1.165) is 5.56 Å². The van der Waals surface area contributed by atoms with Crippen LogP contribution in [0.25, 0.3) is 0 Å². The van der Waals surface area contributed by atoms with E-state index in [1.54, 1.807) is 45.0 Å². The van der Waals surface area contributed by atoms with E-state index < -0.39 is 23.1 Å². The molecule has 0 spiro atoms. The average molecular weight is 379 g/mol. The molecular weight excluding hydrogens is 354 g/mol. The van der Waals surface area contributed by atoms with Gasteiger partial charge in [0.25, 0.3) is 5.91 Å². The van der Waals surface area contributed by atoms with Crippen molar-refractivity contribution in [1.29, 1.82) is 0 Å². The fourth-order valence-electron chi connectivity index (χ4n) is 3.32. The Kier molecular flexibility index (Phi) is 5.27. The largest absolute Gasteiger partial charge is 0.503 e. The average Bonchev–Trinajstić information content (AvgIpc) is 2.93. The predicted octanol–water partition coefficient (Wildman–Crippen LogP) is 4.60. The Bertz CT molecular complexity index is 908. The highest BCUT2D eigenvalue weighted by Gasteiger charge is 2.46. The summed E-state index contributed by atoms with van der Waals surface area (Å²) in [6.45, 7) is 7.79. The van der Waals surface area contributed by atoms with Gasteiger partial charge >= 0.3 is 0 Å². The molecule has 0 aromatic heterocycles. The normalized spacial score (nSPS) is 17.2. The molecular formula is C23H25NO4. The Morgan fingerprint density at radius 3 is 2.21 bits per heavy atom. The zero-order valence-electron chi connectivity index (χ0n) is 16.6. The van der Waals surface area contributed by atoms with Crippen molar-refractivity contribution >= 4 is 17.4 Å². The summed E-state index contributed by atoms with van der Waals surface area (Å²) in [7, 11) is 0. The zero-order chi connectivity index (χ0) is 20.5. The Morgan fingerprint density at radius 1 is 1.07 bits per heavy atom. The van der Waals surface area contributed by atoms with Gasteiger partial charge in [0, 0.05) is 11.1 Å². The van der Waals surface area contributed by atoms with E-state index in [1.807, 2.05) is 37.3 Å². The van der Waals surface area contributed by atoms with Gasteiger partial charge in [-0.15, -0.1) is 0 Å².